The number of amides is 1. The molecule has 0 radical (unpaired) electrons. The van der Waals surface area contributed by atoms with Crippen LogP contribution in [0.5, 0.6) is 5.88 Å². The Morgan fingerprint density at radius 2 is 2.14 bits per heavy atom. The zero-order chi connectivity index (χ0) is 15.4. The molecule has 22 heavy (non-hydrogen) atoms. The number of likely N-dealkylation sites (tertiary alicyclic amines) is 1. The maximum atomic E-state index is 12.3. The molecule has 0 spiro atoms. The minimum Gasteiger partial charge on any atom is -0.472 e. The van der Waals surface area contributed by atoms with Crippen LogP contribution in [0.15, 0.2) is 42.6 Å². The Bertz CT molecular complexity index is 645. The average molecular weight is 297 g/mol. The second kappa shape index (κ2) is 6.56. The summed E-state index contributed by atoms with van der Waals surface area (Å²) in [6, 6.07) is 11.6. The first kappa shape index (κ1) is 14.5. The molecule has 5 nitrogen and oxygen atoms in total. The highest BCUT2D eigenvalue weighted by molar-refractivity contribution is 5.79. The van der Waals surface area contributed by atoms with Gasteiger partial charge in [0.05, 0.1) is 13.0 Å². The molecule has 1 aliphatic rings. The van der Waals surface area contributed by atoms with Gasteiger partial charge >= 0.3 is 0 Å². The highest BCUT2D eigenvalue weighted by Crippen LogP contribution is 2.17. The van der Waals surface area contributed by atoms with Crippen molar-refractivity contribution in [3.63, 3.8) is 0 Å². The molecule has 1 aliphatic heterocycles. The first-order chi connectivity index (χ1) is 10.7. The van der Waals surface area contributed by atoms with Crippen molar-refractivity contribution >= 4 is 5.91 Å². The number of carbonyl (C=O) groups excluding carboxylic acids is 1. The quantitative estimate of drug-likeness (QED) is 0.866. The van der Waals surface area contributed by atoms with Crippen molar-refractivity contribution in [1.29, 1.82) is 0 Å². The molecule has 1 aromatic heterocycles. The second-order valence-corrected chi connectivity index (χ2v) is 5.47. The van der Waals surface area contributed by atoms with Gasteiger partial charge in [0.1, 0.15) is 11.9 Å². The Morgan fingerprint density at radius 1 is 1.32 bits per heavy atom. The monoisotopic (exact) mass is 297 g/mol. The summed E-state index contributed by atoms with van der Waals surface area (Å²) in [5.74, 6) is 1.42. The molecule has 1 fully saturated rings. The largest absolute Gasteiger partial charge is 0.472 e. The van der Waals surface area contributed by atoms with Crippen LogP contribution in [0.25, 0.3) is 0 Å². The van der Waals surface area contributed by atoms with E-state index in [4.69, 9.17) is 4.74 Å². The van der Waals surface area contributed by atoms with Gasteiger partial charge in [0.25, 0.3) is 0 Å². The fraction of sp³-hybridized carbons (Fsp3) is 0.353. The van der Waals surface area contributed by atoms with Crippen molar-refractivity contribution in [2.45, 2.75) is 25.9 Å². The van der Waals surface area contributed by atoms with E-state index in [9.17, 15) is 4.79 Å². The third-order valence-corrected chi connectivity index (χ3v) is 3.73. The summed E-state index contributed by atoms with van der Waals surface area (Å²) in [6.07, 6.45) is 2.98. The molecule has 3 rings (SSSR count). The van der Waals surface area contributed by atoms with Gasteiger partial charge in [-0.2, -0.15) is 4.98 Å². The first-order valence-electron chi connectivity index (χ1n) is 7.49. The smallest absolute Gasteiger partial charge is 0.227 e. The van der Waals surface area contributed by atoms with E-state index in [1.165, 1.54) is 0 Å². The summed E-state index contributed by atoms with van der Waals surface area (Å²) in [7, 11) is 0. The van der Waals surface area contributed by atoms with Crippen LogP contribution in [0.4, 0.5) is 0 Å². The molecule has 5 heteroatoms. The van der Waals surface area contributed by atoms with Gasteiger partial charge in [0, 0.05) is 25.2 Å². The molecule has 1 aromatic carbocycles. The summed E-state index contributed by atoms with van der Waals surface area (Å²) in [6.45, 7) is 3.19. The van der Waals surface area contributed by atoms with E-state index < -0.39 is 0 Å². The Morgan fingerprint density at radius 3 is 2.91 bits per heavy atom. The maximum absolute atomic E-state index is 12.3. The topological polar surface area (TPSA) is 55.3 Å². The van der Waals surface area contributed by atoms with E-state index in [2.05, 4.69) is 9.97 Å². The molecule has 0 aliphatic carbocycles. The van der Waals surface area contributed by atoms with Crippen LogP contribution >= 0.6 is 0 Å². The maximum Gasteiger partial charge on any atom is 0.227 e. The highest BCUT2D eigenvalue weighted by atomic mass is 16.5. The van der Waals surface area contributed by atoms with E-state index in [1.807, 2.05) is 42.2 Å². The molecular weight excluding hydrogens is 278 g/mol. The van der Waals surface area contributed by atoms with Gasteiger partial charge < -0.3 is 9.64 Å². The third-order valence-electron chi connectivity index (χ3n) is 3.73. The van der Waals surface area contributed by atoms with Crippen LogP contribution in [-0.4, -0.2) is 40.0 Å². The van der Waals surface area contributed by atoms with Crippen LogP contribution in [-0.2, 0) is 11.2 Å². The molecule has 1 amide bonds. The molecule has 2 aromatic rings. The molecule has 0 N–H and O–H groups in total. The standard InChI is InChI=1S/C17H19N3O2/c1-13-18-9-7-16(19-13)22-15-8-10-20(12-15)17(21)11-14-5-3-2-4-6-14/h2-7,9,15H,8,10-12H2,1H3. The van der Waals surface area contributed by atoms with Gasteiger partial charge in [-0.1, -0.05) is 30.3 Å². The van der Waals surface area contributed by atoms with Crippen LogP contribution in [0.2, 0.25) is 0 Å². The van der Waals surface area contributed by atoms with Gasteiger partial charge in [-0.3, -0.25) is 4.79 Å². The molecule has 0 saturated carbocycles. The summed E-state index contributed by atoms with van der Waals surface area (Å²) < 4.78 is 5.84. The predicted molar refractivity (Wildman–Crippen MR) is 82.5 cm³/mol. The zero-order valence-corrected chi connectivity index (χ0v) is 12.6. The Labute approximate surface area is 130 Å². The van der Waals surface area contributed by atoms with Crippen molar-refractivity contribution in [3.8, 4) is 5.88 Å². The lowest BCUT2D eigenvalue weighted by molar-refractivity contribution is -0.129. The van der Waals surface area contributed by atoms with E-state index in [0.29, 0.717) is 24.7 Å². The minimum absolute atomic E-state index is 0.00835. The first-order valence-corrected chi connectivity index (χ1v) is 7.49. The summed E-state index contributed by atoms with van der Waals surface area (Å²) in [5.41, 5.74) is 1.04. The zero-order valence-electron chi connectivity index (χ0n) is 12.6. The minimum atomic E-state index is 0.00835. The number of carbonyl (C=O) groups is 1. The number of hydrogen-bond acceptors (Lipinski definition) is 4. The van der Waals surface area contributed by atoms with Gasteiger partial charge in [0.15, 0.2) is 0 Å². The van der Waals surface area contributed by atoms with Crippen molar-refractivity contribution in [2.24, 2.45) is 0 Å². The van der Waals surface area contributed by atoms with Crippen molar-refractivity contribution in [1.82, 2.24) is 14.9 Å². The normalized spacial score (nSPS) is 17.5. The van der Waals surface area contributed by atoms with Gasteiger partial charge in [-0.15, -0.1) is 0 Å². The fourth-order valence-corrected chi connectivity index (χ4v) is 2.60. The third kappa shape index (κ3) is 3.61. The van der Waals surface area contributed by atoms with Crippen LogP contribution in [0, 0.1) is 6.92 Å². The van der Waals surface area contributed by atoms with Gasteiger partial charge in [0.2, 0.25) is 11.8 Å². The molecular formula is C17H19N3O2. The second-order valence-electron chi connectivity index (χ2n) is 5.47. The lowest BCUT2D eigenvalue weighted by atomic mass is 10.1. The summed E-state index contributed by atoms with van der Waals surface area (Å²) in [5, 5.41) is 0. The number of hydrogen-bond donors (Lipinski definition) is 0. The van der Waals surface area contributed by atoms with E-state index in [0.717, 1.165) is 18.5 Å². The SMILES string of the molecule is Cc1nccc(OC2CCN(C(=O)Cc3ccccc3)C2)n1. The van der Waals surface area contributed by atoms with Crippen LogP contribution in [0.1, 0.15) is 17.8 Å². The molecule has 1 atom stereocenters. The summed E-state index contributed by atoms with van der Waals surface area (Å²) >= 11 is 0. The lowest BCUT2D eigenvalue weighted by Gasteiger charge is -2.17. The van der Waals surface area contributed by atoms with Crippen molar-refractivity contribution in [2.75, 3.05) is 13.1 Å². The van der Waals surface area contributed by atoms with Crippen LogP contribution < -0.4 is 4.74 Å². The number of aryl methyl sites for hydroxylation is 1. The van der Waals surface area contributed by atoms with Gasteiger partial charge in [-0.25, -0.2) is 4.98 Å². The van der Waals surface area contributed by atoms with Crippen LogP contribution in [0.3, 0.4) is 0 Å². The van der Waals surface area contributed by atoms with E-state index in [1.54, 1.807) is 12.3 Å². The molecule has 2 heterocycles. The summed E-state index contributed by atoms with van der Waals surface area (Å²) in [4.78, 5) is 22.5. The Balaban J connectivity index is 1.54. The van der Waals surface area contributed by atoms with Crippen molar-refractivity contribution in [3.05, 3.63) is 54.0 Å². The fourth-order valence-electron chi connectivity index (χ4n) is 2.60. The molecule has 1 unspecified atom stereocenters. The number of rotatable bonds is 4. The van der Waals surface area contributed by atoms with Crippen molar-refractivity contribution < 1.29 is 9.53 Å². The van der Waals surface area contributed by atoms with E-state index >= 15 is 0 Å². The van der Waals surface area contributed by atoms with E-state index in [-0.39, 0.29) is 12.0 Å². The Kier molecular flexibility index (Phi) is 4.32. The number of ether oxygens (including phenoxy) is 1. The van der Waals surface area contributed by atoms with Gasteiger partial charge in [-0.05, 0) is 12.5 Å². The number of benzene rings is 1. The molecule has 1 saturated heterocycles. The lowest BCUT2D eigenvalue weighted by Crippen LogP contribution is -2.32. The highest BCUT2D eigenvalue weighted by Gasteiger charge is 2.27. The number of aromatic nitrogens is 2. The molecule has 0 bridgehead atoms. The average Bonchev–Trinajstić information content (AvgIpc) is 2.97. The molecule has 114 valence electrons. The predicted octanol–water partition coefficient (Wildman–Crippen LogP) is 2.01. The Hall–Kier alpha value is -2.43. The number of nitrogens with zero attached hydrogens (tertiary/aromatic N) is 3.